The summed E-state index contributed by atoms with van der Waals surface area (Å²) in [5.41, 5.74) is -4.52. The highest BCUT2D eigenvalue weighted by Gasteiger charge is 2.35. The van der Waals surface area contributed by atoms with Gasteiger partial charge >= 0.3 is 5.51 Å². The van der Waals surface area contributed by atoms with E-state index in [-0.39, 0.29) is 5.75 Å². The minimum absolute atomic E-state index is 0.240. The predicted molar refractivity (Wildman–Crippen MR) is 52.4 cm³/mol. The van der Waals surface area contributed by atoms with Crippen LogP contribution >= 0.6 is 0 Å². The second-order valence-corrected chi connectivity index (χ2v) is 4.83. The van der Waals surface area contributed by atoms with E-state index in [1.54, 1.807) is 0 Å². The molecule has 0 heterocycles. The van der Waals surface area contributed by atoms with Gasteiger partial charge in [-0.3, -0.25) is 4.21 Å². The van der Waals surface area contributed by atoms with E-state index in [4.69, 9.17) is 0 Å². The van der Waals surface area contributed by atoms with Crippen molar-refractivity contribution in [3.63, 3.8) is 0 Å². The zero-order valence-electron chi connectivity index (χ0n) is 8.40. The Hall–Kier alpha value is -0.0600. The second kappa shape index (κ2) is 7.26. The molecule has 0 aromatic heterocycles. The van der Waals surface area contributed by atoms with Gasteiger partial charge in [0, 0.05) is 5.75 Å². The van der Waals surface area contributed by atoms with Crippen molar-refractivity contribution in [1.29, 1.82) is 0 Å². The molecule has 1 nitrogen and oxygen atoms in total. The summed E-state index contributed by atoms with van der Waals surface area (Å²) in [5.74, 6) is -0.240. The van der Waals surface area contributed by atoms with Gasteiger partial charge in [0.2, 0.25) is 0 Å². The summed E-state index contributed by atoms with van der Waals surface area (Å²) in [4.78, 5) is 0. The number of unbranched alkanes of at least 4 members (excludes halogenated alkanes) is 5. The first-order valence-corrected chi connectivity index (χ1v) is 6.25. The summed E-state index contributed by atoms with van der Waals surface area (Å²) in [6, 6.07) is 0. The van der Waals surface area contributed by atoms with Crippen molar-refractivity contribution in [2.45, 2.75) is 51.0 Å². The summed E-state index contributed by atoms with van der Waals surface area (Å²) in [6.07, 6.45) is 5.42. The molecule has 0 amide bonds. The van der Waals surface area contributed by atoms with Crippen molar-refractivity contribution in [3.8, 4) is 0 Å². The van der Waals surface area contributed by atoms with E-state index in [2.05, 4.69) is 6.92 Å². The van der Waals surface area contributed by atoms with Gasteiger partial charge in [-0.1, -0.05) is 39.0 Å². The van der Waals surface area contributed by atoms with Gasteiger partial charge in [0.05, 0.1) is 0 Å². The van der Waals surface area contributed by atoms with Crippen LogP contribution in [0.4, 0.5) is 13.2 Å². The first kappa shape index (κ1) is 13.9. The Morgan fingerprint density at radius 3 is 2.00 bits per heavy atom. The molecule has 0 fully saturated rings. The van der Waals surface area contributed by atoms with Crippen molar-refractivity contribution in [1.82, 2.24) is 0 Å². The molecule has 0 aliphatic rings. The maximum absolute atomic E-state index is 11.8. The highest BCUT2D eigenvalue weighted by Crippen LogP contribution is 2.21. The molecule has 14 heavy (non-hydrogen) atoms. The Morgan fingerprint density at radius 1 is 1.00 bits per heavy atom. The highest BCUT2D eigenvalue weighted by molar-refractivity contribution is 7.85. The van der Waals surface area contributed by atoms with Crippen molar-refractivity contribution in [2.24, 2.45) is 0 Å². The lowest BCUT2D eigenvalue weighted by atomic mass is 10.1. The standard InChI is InChI=1S/C9H17F3OS/c1-2-3-4-5-6-7-8-14(13)9(10,11)12/h2-8H2,1H3. The van der Waals surface area contributed by atoms with E-state index < -0.39 is 16.3 Å². The molecule has 0 saturated carbocycles. The minimum atomic E-state index is -4.52. The number of halogens is 3. The van der Waals surface area contributed by atoms with E-state index in [1.165, 1.54) is 0 Å². The predicted octanol–water partition coefficient (Wildman–Crippen LogP) is 3.62. The molecule has 0 radical (unpaired) electrons. The summed E-state index contributed by atoms with van der Waals surface area (Å²) < 4.78 is 45.9. The molecule has 5 heteroatoms. The largest absolute Gasteiger partial charge is 0.471 e. The third-order valence-electron chi connectivity index (χ3n) is 1.94. The fourth-order valence-electron chi connectivity index (χ4n) is 1.13. The first-order valence-electron chi connectivity index (χ1n) is 4.93. The monoisotopic (exact) mass is 230 g/mol. The van der Waals surface area contributed by atoms with Gasteiger partial charge in [0.15, 0.2) is 0 Å². The maximum Gasteiger partial charge on any atom is 0.471 e. The van der Waals surface area contributed by atoms with Crippen molar-refractivity contribution in [3.05, 3.63) is 0 Å². The molecule has 0 N–H and O–H groups in total. The van der Waals surface area contributed by atoms with Crippen molar-refractivity contribution < 1.29 is 17.4 Å². The fourth-order valence-corrected chi connectivity index (χ4v) is 1.83. The number of rotatable bonds is 7. The van der Waals surface area contributed by atoms with Crippen molar-refractivity contribution in [2.75, 3.05) is 5.75 Å². The van der Waals surface area contributed by atoms with Crippen LogP contribution in [-0.2, 0) is 10.8 Å². The van der Waals surface area contributed by atoms with Crippen LogP contribution in [0.2, 0.25) is 0 Å². The maximum atomic E-state index is 11.8. The van der Waals surface area contributed by atoms with E-state index in [1.807, 2.05) is 0 Å². The van der Waals surface area contributed by atoms with Crippen LogP contribution in [0.5, 0.6) is 0 Å². The van der Waals surface area contributed by atoms with Crippen LogP contribution in [0.15, 0.2) is 0 Å². The molecule has 0 aliphatic carbocycles. The summed E-state index contributed by atoms with van der Waals surface area (Å²) >= 11 is 0. The zero-order valence-corrected chi connectivity index (χ0v) is 9.22. The molecule has 0 aromatic carbocycles. The molecule has 1 unspecified atom stereocenters. The van der Waals surface area contributed by atoms with Gasteiger partial charge in [-0.25, -0.2) is 0 Å². The third kappa shape index (κ3) is 7.35. The Morgan fingerprint density at radius 2 is 1.50 bits per heavy atom. The zero-order chi connectivity index (χ0) is 11.0. The third-order valence-corrected chi connectivity index (χ3v) is 3.12. The summed E-state index contributed by atoms with van der Waals surface area (Å²) in [6.45, 7) is 2.08. The first-order chi connectivity index (χ1) is 6.48. The van der Waals surface area contributed by atoms with Crippen LogP contribution in [0, 0.1) is 0 Å². The van der Waals surface area contributed by atoms with Gasteiger partial charge in [-0.2, -0.15) is 13.2 Å². The molecule has 86 valence electrons. The highest BCUT2D eigenvalue weighted by atomic mass is 32.2. The topological polar surface area (TPSA) is 17.1 Å². The molecule has 0 spiro atoms. The molecule has 1 atom stereocenters. The normalized spacial score (nSPS) is 14.3. The van der Waals surface area contributed by atoms with Crippen LogP contribution in [0.3, 0.4) is 0 Å². The lowest BCUT2D eigenvalue weighted by molar-refractivity contribution is -0.0384. The lowest BCUT2D eigenvalue weighted by Gasteiger charge is -2.05. The van der Waals surface area contributed by atoms with Crippen molar-refractivity contribution >= 4 is 10.8 Å². The molecule has 0 aliphatic heterocycles. The Kier molecular flexibility index (Phi) is 7.23. The smallest absolute Gasteiger partial charge is 0.251 e. The molecule has 0 rings (SSSR count). The van der Waals surface area contributed by atoms with Gasteiger partial charge in [-0.15, -0.1) is 0 Å². The van der Waals surface area contributed by atoms with Crippen LogP contribution < -0.4 is 0 Å². The van der Waals surface area contributed by atoms with Crippen LogP contribution in [-0.4, -0.2) is 15.5 Å². The average Bonchev–Trinajstić information content (AvgIpc) is 2.09. The van der Waals surface area contributed by atoms with Crippen LogP contribution in [0.25, 0.3) is 0 Å². The fraction of sp³-hybridized carbons (Fsp3) is 1.00. The number of hydrogen-bond acceptors (Lipinski definition) is 1. The number of hydrogen-bond donors (Lipinski definition) is 0. The Bertz CT molecular complexity index is 168. The average molecular weight is 230 g/mol. The number of alkyl halides is 3. The van der Waals surface area contributed by atoms with E-state index in [9.17, 15) is 17.4 Å². The quantitative estimate of drug-likeness (QED) is 0.610. The molecule has 0 bridgehead atoms. The van der Waals surface area contributed by atoms with Gasteiger partial charge in [0.25, 0.3) is 0 Å². The Labute approximate surface area is 85.5 Å². The van der Waals surface area contributed by atoms with Gasteiger partial charge < -0.3 is 0 Å². The molecule has 0 aromatic rings. The lowest BCUT2D eigenvalue weighted by Crippen LogP contribution is -2.18. The second-order valence-electron chi connectivity index (χ2n) is 3.26. The summed E-state index contributed by atoms with van der Waals surface area (Å²) in [7, 11) is -2.64. The molecular weight excluding hydrogens is 213 g/mol. The van der Waals surface area contributed by atoms with Gasteiger partial charge in [-0.05, 0) is 6.42 Å². The van der Waals surface area contributed by atoms with Crippen LogP contribution in [0.1, 0.15) is 45.4 Å². The van der Waals surface area contributed by atoms with E-state index >= 15 is 0 Å². The molecular formula is C9H17F3OS. The summed E-state index contributed by atoms with van der Waals surface area (Å²) in [5, 5.41) is 0. The van der Waals surface area contributed by atoms with E-state index in [0.29, 0.717) is 6.42 Å². The SMILES string of the molecule is CCCCCCCCS(=O)C(F)(F)F. The Balaban J connectivity index is 3.33. The van der Waals surface area contributed by atoms with E-state index in [0.717, 1.165) is 32.1 Å². The minimum Gasteiger partial charge on any atom is -0.251 e. The molecule has 0 saturated heterocycles. The van der Waals surface area contributed by atoms with Gasteiger partial charge in [0.1, 0.15) is 10.8 Å².